The zero-order valence-electron chi connectivity index (χ0n) is 8.60. The second-order valence-electron chi connectivity index (χ2n) is 3.12. The Labute approximate surface area is 108 Å². The van der Waals surface area contributed by atoms with Crippen molar-refractivity contribution in [2.45, 2.75) is 15.4 Å². The number of benzene rings is 1. The molecule has 2 aromatic rings. The van der Waals surface area contributed by atoms with Crippen LogP contribution in [-0.2, 0) is 6.18 Å². The molecule has 0 spiro atoms. The molecule has 8 heteroatoms. The second kappa shape index (κ2) is 4.96. The van der Waals surface area contributed by atoms with E-state index in [1.165, 1.54) is 29.0 Å². The fraction of sp³-hybridized carbons (Fsp3) is 0.100. The predicted molar refractivity (Wildman–Crippen MR) is 60.2 cm³/mol. The van der Waals surface area contributed by atoms with Crippen LogP contribution in [0.15, 0.2) is 32.9 Å². The molecular weight excluding hydrogens is 283 g/mol. The van der Waals surface area contributed by atoms with Crippen LogP contribution in [0.2, 0.25) is 0 Å². The number of alkyl halides is 3. The molecule has 0 radical (unpaired) electrons. The molecule has 3 nitrogen and oxygen atoms in total. The molecule has 0 fully saturated rings. The Bertz CT molecular complexity index is 587. The highest BCUT2D eigenvalue weighted by atomic mass is 32.2. The van der Waals surface area contributed by atoms with E-state index >= 15 is 0 Å². The maximum Gasteiger partial charge on any atom is 0.417 e. The van der Waals surface area contributed by atoms with Crippen LogP contribution in [-0.4, -0.2) is 10.2 Å². The van der Waals surface area contributed by atoms with Crippen molar-refractivity contribution in [3.63, 3.8) is 0 Å². The molecule has 1 aromatic carbocycles. The number of nitriles is 1. The predicted octanol–water partition coefficient (Wildman–Crippen LogP) is 3.58. The Morgan fingerprint density at radius 2 is 2.11 bits per heavy atom. The Hall–Kier alpha value is -1.59. The molecule has 92 valence electrons. The van der Waals surface area contributed by atoms with E-state index in [0.717, 1.165) is 23.9 Å². The van der Waals surface area contributed by atoms with Crippen molar-refractivity contribution in [3.05, 3.63) is 34.8 Å². The standard InChI is InChI=1S/C10H4F3N3S2/c11-10(12,13)8-3-7(2-1-6(8)4-14)18-9-16-15-5-17-9/h1-3,5H. The normalized spacial score (nSPS) is 11.2. The Balaban J connectivity index is 2.38. The summed E-state index contributed by atoms with van der Waals surface area (Å²) < 4.78 is 38.7. The van der Waals surface area contributed by atoms with Crippen LogP contribution in [0.1, 0.15) is 11.1 Å². The molecule has 18 heavy (non-hydrogen) atoms. The van der Waals surface area contributed by atoms with Gasteiger partial charge in [-0.1, -0.05) is 23.1 Å². The third-order valence-electron chi connectivity index (χ3n) is 1.96. The summed E-state index contributed by atoms with van der Waals surface area (Å²) in [6, 6.07) is 5.10. The van der Waals surface area contributed by atoms with Crippen molar-refractivity contribution in [1.82, 2.24) is 10.2 Å². The monoisotopic (exact) mass is 287 g/mol. The van der Waals surface area contributed by atoms with Crippen LogP contribution >= 0.6 is 23.1 Å². The average Bonchev–Trinajstić information content (AvgIpc) is 2.80. The van der Waals surface area contributed by atoms with Gasteiger partial charge in [0, 0.05) is 4.90 Å². The summed E-state index contributed by atoms with van der Waals surface area (Å²) >= 11 is 2.31. The summed E-state index contributed by atoms with van der Waals surface area (Å²) in [6.45, 7) is 0. The number of hydrogen-bond donors (Lipinski definition) is 0. The third kappa shape index (κ3) is 2.80. The quantitative estimate of drug-likeness (QED) is 0.847. The molecule has 0 aliphatic rings. The van der Waals surface area contributed by atoms with E-state index in [1.807, 2.05) is 0 Å². The zero-order valence-corrected chi connectivity index (χ0v) is 10.2. The van der Waals surface area contributed by atoms with Gasteiger partial charge in [-0.2, -0.15) is 18.4 Å². The molecule has 0 saturated heterocycles. The van der Waals surface area contributed by atoms with Gasteiger partial charge < -0.3 is 0 Å². The number of nitrogens with zero attached hydrogens (tertiary/aromatic N) is 3. The highest BCUT2D eigenvalue weighted by Crippen LogP contribution is 2.36. The molecule has 0 aliphatic carbocycles. The number of rotatable bonds is 2. The molecule has 1 heterocycles. The first-order valence-corrected chi connectivity index (χ1v) is 6.25. The molecule has 0 aliphatic heterocycles. The van der Waals surface area contributed by atoms with E-state index in [2.05, 4.69) is 10.2 Å². The summed E-state index contributed by atoms with van der Waals surface area (Å²) in [5.74, 6) is 0. The Kier molecular flexibility index (Phi) is 3.54. The Morgan fingerprint density at radius 1 is 1.33 bits per heavy atom. The van der Waals surface area contributed by atoms with Crippen molar-refractivity contribution >= 4 is 23.1 Å². The van der Waals surface area contributed by atoms with E-state index in [1.54, 1.807) is 0 Å². The molecule has 0 amide bonds. The SMILES string of the molecule is N#Cc1ccc(Sc2nncs2)cc1C(F)(F)F. The van der Waals surface area contributed by atoms with Crippen molar-refractivity contribution in [3.8, 4) is 6.07 Å². The lowest BCUT2D eigenvalue weighted by atomic mass is 10.1. The van der Waals surface area contributed by atoms with Crippen LogP contribution < -0.4 is 0 Å². The second-order valence-corrected chi connectivity index (χ2v) is 5.28. The smallest absolute Gasteiger partial charge is 0.192 e. The van der Waals surface area contributed by atoms with Crippen molar-refractivity contribution < 1.29 is 13.2 Å². The minimum atomic E-state index is -4.54. The number of aromatic nitrogens is 2. The first-order chi connectivity index (χ1) is 8.50. The van der Waals surface area contributed by atoms with Crippen LogP contribution in [0, 0.1) is 11.3 Å². The van der Waals surface area contributed by atoms with Crippen LogP contribution in [0.4, 0.5) is 13.2 Å². The number of halogens is 3. The van der Waals surface area contributed by atoms with Crippen molar-refractivity contribution in [2.75, 3.05) is 0 Å². The van der Waals surface area contributed by atoms with E-state index in [9.17, 15) is 13.2 Å². The van der Waals surface area contributed by atoms with E-state index in [4.69, 9.17) is 5.26 Å². The first-order valence-electron chi connectivity index (χ1n) is 4.56. The average molecular weight is 287 g/mol. The number of hydrogen-bond acceptors (Lipinski definition) is 5. The van der Waals surface area contributed by atoms with Gasteiger partial charge in [-0.25, -0.2) is 0 Å². The topological polar surface area (TPSA) is 49.6 Å². The van der Waals surface area contributed by atoms with E-state index in [-0.39, 0.29) is 5.56 Å². The van der Waals surface area contributed by atoms with Gasteiger partial charge in [0.25, 0.3) is 0 Å². The summed E-state index contributed by atoms with van der Waals surface area (Å²) in [6.07, 6.45) is -4.54. The van der Waals surface area contributed by atoms with Gasteiger partial charge in [0.2, 0.25) is 0 Å². The molecule has 0 atom stereocenters. The van der Waals surface area contributed by atoms with Crippen LogP contribution in [0.25, 0.3) is 0 Å². The van der Waals surface area contributed by atoms with Gasteiger partial charge in [-0.05, 0) is 18.2 Å². The summed E-state index contributed by atoms with van der Waals surface area (Å²) in [7, 11) is 0. The summed E-state index contributed by atoms with van der Waals surface area (Å²) in [5.41, 5.74) is 0.181. The summed E-state index contributed by atoms with van der Waals surface area (Å²) in [4.78, 5) is 0.373. The first kappa shape index (κ1) is 12.9. The fourth-order valence-electron chi connectivity index (χ4n) is 1.23. The van der Waals surface area contributed by atoms with Gasteiger partial charge in [-0.3, -0.25) is 0 Å². The molecule has 0 bridgehead atoms. The molecule has 0 unspecified atom stereocenters. The largest absolute Gasteiger partial charge is 0.417 e. The van der Waals surface area contributed by atoms with Gasteiger partial charge in [-0.15, -0.1) is 10.2 Å². The molecule has 2 rings (SSSR count). The minimum Gasteiger partial charge on any atom is -0.192 e. The van der Waals surface area contributed by atoms with Gasteiger partial charge in [0.15, 0.2) is 4.34 Å². The lowest BCUT2D eigenvalue weighted by molar-refractivity contribution is -0.137. The third-order valence-corrected chi connectivity index (χ3v) is 3.73. The van der Waals surface area contributed by atoms with Gasteiger partial charge in [0.1, 0.15) is 5.51 Å². The van der Waals surface area contributed by atoms with E-state index < -0.39 is 11.7 Å². The van der Waals surface area contributed by atoms with Crippen molar-refractivity contribution in [2.24, 2.45) is 0 Å². The van der Waals surface area contributed by atoms with Gasteiger partial charge in [0.05, 0.1) is 17.2 Å². The molecule has 0 saturated carbocycles. The fourth-order valence-corrected chi connectivity index (χ4v) is 2.72. The molecular formula is C10H4F3N3S2. The maximum atomic E-state index is 12.7. The van der Waals surface area contributed by atoms with E-state index in [0.29, 0.717) is 9.24 Å². The zero-order chi connectivity index (χ0) is 13.2. The Morgan fingerprint density at radius 3 is 2.67 bits per heavy atom. The lowest BCUT2D eigenvalue weighted by Crippen LogP contribution is -2.07. The molecule has 0 N–H and O–H groups in total. The maximum absolute atomic E-state index is 12.7. The van der Waals surface area contributed by atoms with Crippen LogP contribution in [0.5, 0.6) is 0 Å². The minimum absolute atomic E-state index is 0.373. The van der Waals surface area contributed by atoms with Crippen molar-refractivity contribution in [1.29, 1.82) is 5.26 Å². The van der Waals surface area contributed by atoms with Gasteiger partial charge >= 0.3 is 6.18 Å². The highest BCUT2D eigenvalue weighted by molar-refractivity contribution is 8.01. The lowest BCUT2D eigenvalue weighted by Gasteiger charge is -2.09. The van der Waals surface area contributed by atoms with Crippen LogP contribution in [0.3, 0.4) is 0 Å². The highest BCUT2D eigenvalue weighted by Gasteiger charge is 2.33. The molecule has 1 aromatic heterocycles. The summed E-state index contributed by atoms with van der Waals surface area (Å²) in [5, 5.41) is 16.0.